The Morgan fingerprint density at radius 1 is 1.33 bits per heavy atom. The number of amides is 1. The number of ether oxygens (including phenoxy) is 2. The number of benzene rings is 1. The molecule has 0 aliphatic carbocycles. The quantitative estimate of drug-likeness (QED) is 0.438. The summed E-state index contributed by atoms with van der Waals surface area (Å²) in [5.74, 6) is 0.548. The smallest absolute Gasteiger partial charge is 0.352 e. The highest BCUT2D eigenvalue weighted by atomic mass is 32.1. The maximum Gasteiger partial charge on any atom is 0.352 e. The van der Waals surface area contributed by atoms with Gasteiger partial charge in [-0.1, -0.05) is 12.1 Å². The molecule has 0 bridgehead atoms. The summed E-state index contributed by atoms with van der Waals surface area (Å²) < 4.78 is 15.4. The van der Waals surface area contributed by atoms with Gasteiger partial charge < -0.3 is 14.8 Å². The largest absolute Gasteiger partial charge is 0.497 e. The molecule has 1 atom stereocenters. The van der Waals surface area contributed by atoms with E-state index in [0.29, 0.717) is 29.1 Å². The molecule has 0 unspecified atom stereocenters. The number of thiophene rings is 1. The first-order valence-electron chi connectivity index (χ1n) is 10.7. The van der Waals surface area contributed by atoms with E-state index in [1.807, 2.05) is 24.3 Å². The normalized spacial score (nSPS) is 16.0. The van der Waals surface area contributed by atoms with Crippen LogP contribution < -0.4 is 21.3 Å². The Labute approximate surface area is 192 Å². The molecule has 3 aromatic heterocycles. The van der Waals surface area contributed by atoms with Crippen molar-refractivity contribution in [1.29, 1.82) is 0 Å². The molecule has 1 N–H and O–H groups in total. The maximum atomic E-state index is 13.2. The molecule has 0 spiro atoms. The summed E-state index contributed by atoms with van der Waals surface area (Å²) in [7, 11) is 1.58. The summed E-state index contributed by atoms with van der Waals surface area (Å²) >= 11 is 1.28. The van der Waals surface area contributed by atoms with Crippen molar-refractivity contribution < 1.29 is 14.3 Å². The number of aromatic nitrogens is 4. The summed E-state index contributed by atoms with van der Waals surface area (Å²) in [5, 5.41) is 8.93. The van der Waals surface area contributed by atoms with Gasteiger partial charge in [0.25, 0.3) is 5.56 Å². The minimum absolute atomic E-state index is 0.102. The van der Waals surface area contributed by atoms with Crippen LogP contribution in [0.15, 0.2) is 45.3 Å². The van der Waals surface area contributed by atoms with Crippen LogP contribution in [0.4, 0.5) is 0 Å². The van der Waals surface area contributed by atoms with E-state index in [9.17, 15) is 14.4 Å². The van der Waals surface area contributed by atoms with Crippen molar-refractivity contribution in [3.63, 3.8) is 0 Å². The molecule has 0 saturated carbocycles. The molecular formula is C22H23N5O5S. The highest BCUT2D eigenvalue weighted by Gasteiger charge is 2.23. The minimum Gasteiger partial charge on any atom is -0.497 e. The molecule has 0 radical (unpaired) electrons. The SMILES string of the molecule is COc1cccc(CNC(=O)Cn2nc3n(C[C@H]4CCCO4)c(=O)c4sccc4n3c2=O)c1. The minimum atomic E-state index is -0.467. The standard InChI is InChI=1S/C22H23N5O5S/c1-31-15-5-2-4-14(10-15)11-23-18(28)13-26-22(30)27-17-7-9-33-19(17)20(29)25(21(27)24-26)12-16-6-3-8-32-16/h2,4-5,7,9-10,16H,3,6,8,11-13H2,1H3,(H,23,28)/t16-/m1/s1. The third kappa shape index (κ3) is 4.05. The number of carbonyl (C=O) groups excluding carboxylic acids is 1. The van der Waals surface area contributed by atoms with Crippen LogP contribution in [0.2, 0.25) is 0 Å². The fourth-order valence-corrected chi connectivity index (χ4v) is 4.89. The van der Waals surface area contributed by atoms with Gasteiger partial charge in [-0.05, 0) is 42.0 Å². The van der Waals surface area contributed by atoms with Crippen LogP contribution >= 0.6 is 11.3 Å². The summed E-state index contributed by atoms with van der Waals surface area (Å²) in [4.78, 5) is 38.8. The van der Waals surface area contributed by atoms with E-state index in [1.54, 1.807) is 18.6 Å². The number of nitrogens with one attached hydrogen (secondary N) is 1. The van der Waals surface area contributed by atoms with Crippen LogP contribution in [0.25, 0.3) is 16.0 Å². The number of fused-ring (bicyclic) bond motifs is 3. The third-order valence-corrected chi connectivity index (χ3v) is 6.61. The number of hydrogen-bond donors (Lipinski definition) is 1. The van der Waals surface area contributed by atoms with E-state index in [1.165, 1.54) is 20.3 Å². The molecule has 5 rings (SSSR count). The van der Waals surface area contributed by atoms with Gasteiger partial charge in [0.05, 0.1) is 25.3 Å². The first-order valence-corrected chi connectivity index (χ1v) is 11.5. The fraction of sp³-hybridized carbons (Fsp3) is 0.364. The molecule has 1 amide bonds. The van der Waals surface area contributed by atoms with Gasteiger partial charge in [-0.2, -0.15) is 0 Å². The van der Waals surface area contributed by atoms with Crippen molar-refractivity contribution in [3.05, 3.63) is 62.1 Å². The summed E-state index contributed by atoms with van der Waals surface area (Å²) in [6.07, 6.45) is 1.68. The monoisotopic (exact) mass is 469 g/mol. The summed E-state index contributed by atoms with van der Waals surface area (Å²) in [6.45, 7) is 1.00. The van der Waals surface area contributed by atoms with Crippen LogP contribution in [0.3, 0.4) is 0 Å². The maximum absolute atomic E-state index is 13.2. The van der Waals surface area contributed by atoms with Gasteiger partial charge in [0, 0.05) is 13.2 Å². The van der Waals surface area contributed by atoms with E-state index in [-0.39, 0.29) is 36.4 Å². The molecule has 4 heterocycles. The molecular weight excluding hydrogens is 446 g/mol. The predicted molar refractivity (Wildman–Crippen MR) is 123 cm³/mol. The predicted octanol–water partition coefficient (Wildman–Crippen LogP) is 1.38. The number of carbonyl (C=O) groups is 1. The lowest BCUT2D eigenvalue weighted by atomic mass is 10.2. The van der Waals surface area contributed by atoms with Gasteiger partial charge in [0.1, 0.15) is 17.0 Å². The van der Waals surface area contributed by atoms with Gasteiger partial charge >= 0.3 is 5.69 Å². The number of methoxy groups -OCH3 is 1. The van der Waals surface area contributed by atoms with Crippen LogP contribution in [0.1, 0.15) is 18.4 Å². The molecule has 1 saturated heterocycles. The molecule has 10 nitrogen and oxygen atoms in total. The molecule has 11 heteroatoms. The number of rotatable bonds is 7. The second kappa shape index (κ2) is 8.83. The lowest BCUT2D eigenvalue weighted by molar-refractivity contribution is -0.122. The average Bonchev–Trinajstić information content (AvgIpc) is 3.57. The Bertz CT molecular complexity index is 1440. The average molecular weight is 470 g/mol. The van der Waals surface area contributed by atoms with Crippen molar-refractivity contribution in [1.82, 2.24) is 24.1 Å². The van der Waals surface area contributed by atoms with Crippen molar-refractivity contribution in [2.75, 3.05) is 13.7 Å². The van der Waals surface area contributed by atoms with Crippen molar-refractivity contribution in [2.45, 2.75) is 38.6 Å². The van der Waals surface area contributed by atoms with Crippen LogP contribution in [0.5, 0.6) is 5.75 Å². The Morgan fingerprint density at radius 3 is 3.00 bits per heavy atom. The molecule has 4 aromatic rings. The van der Waals surface area contributed by atoms with Crippen molar-refractivity contribution in [3.8, 4) is 5.75 Å². The first-order chi connectivity index (χ1) is 16.0. The van der Waals surface area contributed by atoms with E-state index in [2.05, 4.69) is 10.4 Å². The molecule has 1 aromatic carbocycles. The van der Waals surface area contributed by atoms with Crippen LogP contribution in [0, 0.1) is 0 Å². The Hall–Kier alpha value is -3.44. The number of nitrogens with zero attached hydrogens (tertiary/aromatic N) is 4. The van der Waals surface area contributed by atoms with Gasteiger partial charge in [0.2, 0.25) is 11.7 Å². The van der Waals surface area contributed by atoms with Crippen LogP contribution in [-0.4, -0.2) is 44.5 Å². The van der Waals surface area contributed by atoms with Crippen LogP contribution in [-0.2, 0) is 29.2 Å². The Balaban J connectivity index is 1.45. The third-order valence-electron chi connectivity index (χ3n) is 5.72. The highest BCUT2D eigenvalue weighted by molar-refractivity contribution is 7.17. The van der Waals surface area contributed by atoms with Crippen molar-refractivity contribution in [2.24, 2.45) is 0 Å². The van der Waals surface area contributed by atoms with Gasteiger partial charge in [-0.15, -0.1) is 16.4 Å². The lowest BCUT2D eigenvalue weighted by Crippen LogP contribution is -2.32. The van der Waals surface area contributed by atoms with E-state index < -0.39 is 5.69 Å². The first kappa shape index (κ1) is 21.4. The van der Waals surface area contributed by atoms with Gasteiger partial charge in [-0.25, -0.2) is 13.9 Å². The molecule has 1 fully saturated rings. The van der Waals surface area contributed by atoms with Crippen molar-refractivity contribution >= 4 is 33.2 Å². The molecule has 172 valence electrons. The van der Waals surface area contributed by atoms with E-state index in [0.717, 1.165) is 23.1 Å². The van der Waals surface area contributed by atoms with Gasteiger partial charge in [-0.3, -0.25) is 14.2 Å². The zero-order valence-corrected chi connectivity index (χ0v) is 18.8. The second-order valence-corrected chi connectivity index (χ2v) is 8.81. The van der Waals surface area contributed by atoms with E-state index >= 15 is 0 Å². The Morgan fingerprint density at radius 2 is 2.21 bits per heavy atom. The van der Waals surface area contributed by atoms with Gasteiger partial charge in [0.15, 0.2) is 0 Å². The molecule has 33 heavy (non-hydrogen) atoms. The Kier molecular flexibility index (Phi) is 5.73. The molecule has 1 aliphatic rings. The molecule has 1 aliphatic heterocycles. The highest BCUT2D eigenvalue weighted by Crippen LogP contribution is 2.19. The summed E-state index contributed by atoms with van der Waals surface area (Å²) in [5.41, 5.74) is 0.695. The van der Waals surface area contributed by atoms with E-state index in [4.69, 9.17) is 9.47 Å². The zero-order valence-electron chi connectivity index (χ0n) is 18.0. The lowest BCUT2D eigenvalue weighted by Gasteiger charge is -2.12. The summed E-state index contributed by atoms with van der Waals surface area (Å²) in [6, 6.07) is 9.09. The zero-order chi connectivity index (χ0) is 22.9. The number of hydrogen-bond acceptors (Lipinski definition) is 7. The second-order valence-electron chi connectivity index (χ2n) is 7.89. The fourth-order valence-electron chi connectivity index (χ4n) is 4.07. The topological polar surface area (TPSA) is 109 Å².